The Balaban J connectivity index is 0.00000450. The smallest absolute Gasteiger partial charge is 0.250 e. The highest BCUT2D eigenvalue weighted by molar-refractivity contribution is 14.0. The van der Waals surface area contributed by atoms with Gasteiger partial charge in [0.15, 0.2) is 5.96 Å². The number of pyridine rings is 1. The van der Waals surface area contributed by atoms with Crippen LogP contribution in [0.2, 0.25) is 5.02 Å². The van der Waals surface area contributed by atoms with E-state index in [2.05, 4.69) is 15.6 Å². The van der Waals surface area contributed by atoms with Gasteiger partial charge in [0.2, 0.25) is 0 Å². The molecule has 166 valence electrons. The molecule has 0 radical (unpaired) electrons. The van der Waals surface area contributed by atoms with Gasteiger partial charge in [0.25, 0.3) is 5.56 Å². The van der Waals surface area contributed by atoms with Crippen LogP contribution in [-0.2, 0) is 6.54 Å². The fourth-order valence-corrected chi connectivity index (χ4v) is 2.98. The Bertz CT molecular complexity index is 840. The predicted molar refractivity (Wildman–Crippen MR) is 136 cm³/mol. The van der Waals surface area contributed by atoms with Crippen LogP contribution in [0.4, 0.5) is 0 Å². The van der Waals surface area contributed by atoms with Gasteiger partial charge >= 0.3 is 0 Å². The molecule has 0 bridgehead atoms. The number of aliphatic imine (C=N–C) groups is 1. The van der Waals surface area contributed by atoms with Crippen molar-refractivity contribution in [3.8, 4) is 5.75 Å². The molecule has 6 nitrogen and oxygen atoms in total. The molecule has 0 fully saturated rings. The van der Waals surface area contributed by atoms with Crippen molar-refractivity contribution >= 4 is 41.5 Å². The molecule has 1 atom stereocenters. The number of rotatable bonds is 10. The highest BCUT2D eigenvalue weighted by Crippen LogP contribution is 2.16. The Kier molecular flexibility index (Phi) is 12.5. The topological polar surface area (TPSA) is 67.7 Å². The summed E-state index contributed by atoms with van der Waals surface area (Å²) in [6.45, 7) is 8.83. The van der Waals surface area contributed by atoms with E-state index < -0.39 is 0 Å². The van der Waals surface area contributed by atoms with E-state index in [-0.39, 0.29) is 35.6 Å². The van der Waals surface area contributed by atoms with E-state index in [1.165, 1.54) is 0 Å². The summed E-state index contributed by atoms with van der Waals surface area (Å²) in [7, 11) is 0. The minimum absolute atomic E-state index is 0. The van der Waals surface area contributed by atoms with Crippen LogP contribution in [0.15, 0.2) is 52.3 Å². The van der Waals surface area contributed by atoms with Crippen molar-refractivity contribution in [2.24, 2.45) is 4.99 Å². The van der Waals surface area contributed by atoms with Gasteiger partial charge in [-0.05, 0) is 63.9 Å². The average Bonchev–Trinajstić information content (AvgIpc) is 2.69. The van der Waals surface area contributed by atoms with Gasteiger partial charge in [0, 0.05) is 36.4 Å². The lowest BCUT2D eigenvalue weighted by Gasteiger charge is -2.15. The first-order valence-electron chi connectivity index (χ1n) is 10.1. The zero-order valence-corrected chi connectivity index (χ0v) is 20.9. The second-order valence-corrected chi connectivity index (χ2v) is 7.33. The molecule has 2 aromatic rings. The Labute approximate surface area is 201 Å². The van der Waals surface area contributed by atoms with Crippen LogP contribution < -0.4 is 20.9 Å². The standard InChI is InChI=1S/C22H31ClN4O2.HI/c1-4-24-22(26-16-18(3)29-20-12-10-19(23)11-13-20)25-14-5-6-15-27-17(2)8-7-9-21(27)28;/h7-13,18H,4-6,14-16H2,1-3H3,(H2,24,25,26);1H. The highest BCUT2D eigenvalue weighted by atomic mass is 127. The number of hydrogen-bond donors (Lipinski definition) is 2. The molecule has 1 aromatic carbocycles. The quantitative estimate of drug-likeness (QED) is 0.203. The monoisotopic (exact) mass is 546 g/mol. The summed E-state index contributed by atoms with van der Waals surface area (Å²) in [4.78, 5) is 16.5. The molecule has 0 spiro atoms. The molecule has 0 aliphatic heterocycles. The van der Waals surface area contributed by atoms with Gasteiger partial charge in [0.1, 0.15) is 11.9 Å². The van der Waals surface area contributed by atoms with Crippen molar-refractivity contribution in [2.75, 3.05) is 19.6 Å². The number of hydrogen-bond acceptors (Lipinski definition) is 3. The molecular weight excluding hydrogens is 515 g/mol. The normalized spacial score (nSPS) is 12.1. The van der Waals surface area contributed by atoms with Gasteiger partial charge < -0.3 is 19.9 Å². The Morgan fingerprint density at radius 3 is 2.57 bits per heavy atom. The number of aryl methyl sites for hydroxylation is 1. The lowest BCUT2D eigenvalue weighted by atomic mass is 10.3. The fourth-order valence-electron chi connectivity index (χ4n) is 2.86. The maximum atomic E-state index is 11.9. The molecule has 0 aliphatic rings. The van der Waals surface area contributed by atoms with Crippen LogP contribution in [-0.4, -0.2) is 36.3 Å². The van der Waals surface area contributed by atoms with Crippen LogP contribution in [0.1, 0.15) is 32.4 Å². The van der Waals surface area contributed by atoms with E-state index in [1.807, 2.05) is 55.7 Å². The second kappa shape index (κ2) is 14.3. The molecule has 1 unspecified atom stereocenters. The number of benzene rings is 1. The van der Waals surface area contributed by atoms with E-state index in [4.69, 9.17) is 16.3 Å². The number of nitrogens with one attached hydrogen (secondary N) is 2. The van der Waals surface area contributed by atoms with Crippen molar-refractivity contribution in [1.82, 2.24) is 15.2 Å². The van der Waals surface area contributed by atoms with Crippen LogP contribution in [0.3, 0.4) is 0 Å². The second-order valence-electron chi connectivity index (χ2n) is 6.89. The molecule has 30 heavy (non-hydrogen) atoms. The largest absolute Gasteiger partial charge is 0.489 e. The molecule has 1 aromatic heterocycles. The van der Waals surface area contributed by atoms with Crippen molar-refractivity contribution in [2.45, 2.75) is 46.3 Å². The van der Waals surface area contributed by atoms with Gasteiger partial charge in [0.05, 0.1) is 6.54 Å². The van der Waals surface area contributed by atoms with Gasteiger partial charge in [-0.3, -0.25) is 4.79 Å². The summed E-state index contributed by atoms with van der Waals surface area (Å²) in [5.74, 6) is 1.55. The van der Waals surface area contributed by atoms with Crippen molar-refractivity contribution < 1.29 is 4.74 Å². The summed E-state index contributed by atoms with van der Waals surface area (Å²) in [6.07, 6.45) is 1.81. The molecule has 2 rings (SSSR count). The van der Waals surface area contributed by atoms with E-state index in [9.17, 15) is 4.79 Å². The van der Waals surface area contributed by atoms with Crippen LogP contribution in [0, 0.1) is 6.92 Å². The van der Waals surface area contributed by atoms with Gasteiger partial charge in [-0.25, -0.2) is 4.99 Å². The van der Waals surface area contributed by atoms with Crippen LogP contribution in [0.5, 0.6) is 5.75 Å². The predicted octanol–water partition coefficient (Wildman–Crippen LogP) is 4.23. The third-order valence-corrected chi connectivity index (χ3v) is 4.62. The van der Waals surface area contributed by atoms with Crippen molar-refractivity contribution in [3.63, 3.8) is 0 Å². The first-order valence-corrected chi connectivity index (χ1v) is 10.5. The van der Waals surface area contributed by atoms with Crippen molar-refractivity contribution in [3.05, 3.63) is 63.5 Å². The fraction of sp³-hybridized carbons (Fsp3) is 0.455. The Hall–Kier alpha value is -1.74. The minimum atomic E-state index is -0.0560. The van der Waals surface area contributed by atoms with Crippen molar-refractivity contribution in [1.29, 1.82) is 0 Å². The Morgan fingerprint density at radius 1 is 1.17 bits per heavy atom. The number of aromatic nitrogens is 1. The molecule has 0 aliphatic carbocycles. The summed E-state index contributed by atoms with van der Waals surface area (Å²) in [5, 5.41) is 7.28. The molecule has 1 heterocycles. The number of halogens is 2. The first kappa shape index (κ1) is 26.3. The van der Waals surface area contributed by atoms with Crippen LogP contribution >= 0.6 is 35.6 Å². The SMILES string of the molecule is CCNC(=NCC(C)Oc1ccc(Cl)cc1)NCCCCn1c(C)cccc1=O.I. The summed E-state index contributed by atoms with van der Waals surface area (Å²) in [6, 6.07) is 12.7. The number of unbranched alkanes of at least 4 members (excludes halogenated alkanes) is 1. The van der Waals surface area contributed by atoms with Crippen LogP contribution in [0.25, 0.3) is 0 Å². The first-order chi connectivity index (χ1) is 14.0. The molecular formula is C22H32ClIN4O2. The van der Waals surface area contributed by atoms with E-state index in [0.717, 1.165) is 49.9 Å². The molecule has 2 N–H and O–H groups in total. The van der Waals surface area contributed by atoms with E-state index >= 15 is 0 Å². The van der Waals surface area contributed by atoms with Gasteiger partial charge in [-0.1, -0.05) is 17.7 Å². The average molecular weight is 547 g/mol. The maximum Gasteiger partial charge on any atom is 0.250 e. The Morgan fingerprint density at radius 2 is 1.90 bits per heavy atom. The maximum absolute atomic E-state index is 11.9. The summed E-state index contributed by atoms with van der Waals surface area (Å²) >= 11 is 5.90. The summed E-state index contributed by atoms with van der Waals surface area (Å²) in [5.41, 5.74) is 1.05. The third-order valence-electron chi connectivity index (χ3n) is 4.37. The number of ether oxygens (including phenoxy) is 1. The number of guanidine groups is 1. The molecule has 0 saturated carbocycles. The van der Waals surface area contributed by atoms with E-state index in [1.54, 1.807) is 12.1 Å². The number of nitrogens with zero attached hydrogens (tertiary/aromatic N) is 2. The molecule has 0 amide bonds. The van der Waals surface area contributed by atoms with Gasteiger partial charge in [-0.2, -0.15) is 0 Å². The molecule has 8 heteroatoms. The zero-order valence-electron chi connectivity index (χ0n) is 17.9. The summed E-state index contributed by atoms with van der Waals surface area (Å²) < 4.78 is 7.67. The minimum Gasteiger partial charge on any atom is -0.489 e. The highest BCUT2D eigenvalue weighted by Gasteiger charge is 2.05. The zero-order chi connectivity index (χ0) is 21.1. The third kappa shape index (κ3) is 9.38. The lowest BCUT2D eigenvalue weighted by molar-refractivity contribution is 0.230. The molecule has 0 saturated heterocycles. The lowest BCUT2D eigenvalue weighted by Crippen LogP contribution is -2.38. The van der Waals surface area contributed by atoms with Gasteiger partial charge in [-0.15, -0.1) is 24.0 Å². The van der Waals surface area contributed by atoms with E-state index in [0.29, 0.717) is 11.6 Å².